The van der Waals surface area contributed by atoms with E-state index in [-0.39, 0.29) is 6.67 Å². The molecule has 0 amide bonds. The predicted molar refractivity (Wildman–Crippen MR) is 52.4 cm³/mol. The van der Waals surface area contributed by atoms with Gasteiger partial charge in [0.15, 0.2) is 0 Å². The Hall–Kier alpha value is -2.12. The van der Waals surface area contributed by atoms with E-state index in [1.807, 2.05) is 0 Å². The lowest BCUT2D eigenvalue weighted by atomic mass is 10.2. The van der Waals surface area contributed by atoms with Crippen molar-refractivity contribution in [3.8, 4) is 0 Å². The van der Waals surface area contributed by atoms with Gasteiger partial charge in [0.2, 0.25) is 0 Å². The molecule has 0 aromatic rings. The molecule has 0 fully saturated rings. The Morgan fingerprint density at radius 2 is 1.93 bits per heavy atom. The van der Waals surface area contributed by atoms with Gasteiger partial charge in [0.25, 0.3) is 0 Å². The van der Waals surface area contributed by atoms with Gasteiger partial charge < -0.3 is 17.0 Å². The van der Waals surface area contributed by atoms with Crippen molar-refractivity contribution in [1.29, 1.82) is 0 Å². The first-order chi connectivity index (χ1) is 6.72. The van der Waals surface area contributed by atoms with E-state index >= 15 is 0 Å². The maximum Gasteiger partial charge on any atom is 0.131 e. The minimum atomic E-state index is 0.257. The van der Waals surface area contributed by atoms with Crippen molar-refractivity contribution in [1.82, 2.24) is 10.7 Å². The van der Waals surface area contributed by atoms with Gasteiger partial charge in [0, 0.05) is 5.70 Å². The minimum absolute atomic E-state index is 0.257. The lowest BCUT2D eigenvalue weighted by Crippen LogP contribution is -2.19. The molecule has 0 bridgehead atoms. The molecule has 6 N–H and O–H groups in total. The zero-order valence-corrected chi connectivity index (χ0v) is 7.77. The topological polar surface area (TPSA) is 126 Å². The van der Waals surface area contributed by atoms with Crippen LogP contribution in [0.15, 0.2) is 45.2 Å². The SMILES string of the molecule is C=C(CN/N=N\N)C(=C)NCN=NN. The van der Waals surface area contributed by atoms with Gasteiger partial charge in [-0.1, -0.05) is 28.8 Å². The first-order valence-corrected chi connectivity index (χ1v) is 3.72. The molecular formula is C6H14N8. The van der Waals surface area contributed by atoms with Crippen molar-refractivity contribution in [2.75, 3.05) is 13.2 Å². The zero-order chi connectivity index (χ0) is 10.8. The molecule has 14 heavy (non-hydrogen) atoms. The van der Waals surface area contributed by atoms with E-state index in [2.05, 4.69) is 44.7 Å². The molecule has 0 atom stereocenters. The highest BCUT2D eigenvalue weighted by Gasteiger charge is 1.97. The van der Waals surface area contributed by atoms with Crippen LogP contribution in [0.5, 0.6) is 0 Å². The quantitative estimate of drug-likeness (QED) is 0.195. The third-order valence-electron chi connectivity index (χ3n) is 1.29. The minimum Gasteiger partial charge on any atom is -0.365 e. The lowest BCUT2D eigenvalue weighted by Gasteiger charge is -2.08. The Kier molecular flexibility index (Phi) is 6.39. The van der Waals surface area contributed by atoms with Crippen molar-refractivity contribution in [3.63, 3.8) is 0 Å². The molecule has 78 valence electrons. The van der Waals surface area contributed by atoms with Crippen LogP contribution in [0.25, 0.3) is 0 Å². The molecule has 0 saturated carbocycles. The van der Waals surface area contributed by atoms with Gasteiger partial charge in [-0.2, -0.15) is 0 Å². The van der Waals surface area contributed by atoms with Crippen molar-refractivity contribution >= 4 is 0 Å². The van der Waals surface area contributed by atoms with Gasteiger partial charge >= 0.3 is 0 Å². The van der Waals surface area contributed by atoms with Gasteiger partial charge in [-0.05, 0) is 5.57 Å². The van der Waals surface area contributed by atoms with E-state index in [9.17, 15) is 0 Å². The zero-order valence-electron chi connectivity index (χ0n) is 7.77. The van der Waals surface area contributed by atoms with Gasteiger partial charge in [0.1, 0.15) is 6.67 Å². The summed E-state index contributed by atoms with van der Waals surface area (Å²) in [4.78, 5) is 0. The maximum absolute atomic E-state index is 4.80. The van der Waals surface area contributed by atoms with Crippen molar-refractivity contribution in [2.24, 2.45) is 32.5 Å². The Bertz CT molecular complexity index is 216. The molecule has 0 aromatic heterocycles. The van der Waals surface area contributed by atoms with E-state index in [4.69, 9.17) is 11.7 Å². The molecule has 8 nitrogen and oxygen atoms in total. The molecule has 0 radical (unpaired) electrons. The average Bonchev–Trinajstić information content (AvgIpc) is 2.18. The highest BCUT2D eigenvalue weighted by Crippen LogP contribution is 1.98. The normalized spacial score (nSPS) is 10.6. The summed E-state index contributed by atoms with van der Waals surface area (Å²) in [6.07, 6.45) is 0. The third-order valence-corrected chi connectivity index (χ3v) is 1.29. The van der Waals surface area contributed by atoms with Gasteiger partial charge in [-0.15, -0.1) is 5.11 Å². The van der Waals surface area contributed by atoms with Crippen LogP contribution >= 0.6 is 0 Å². The van der Waals surface area contributed by atoms with Crippen LogP contribution in [0.2, 0.25) is 0 Å². The smallest absolute Gasteiger partial charge is 0.131 e. The number of nitrogens with two attached hydrogens (primary N) is 2. The summed E-state index contributed by atoms with van der Waals surface area (Å²) < 4.78 is 0. The second-order valence-electron chi connectivity index (χ2n) is 2.22. The number of hydrogen-bond acceptors (Lipinski definition) is 5. The van der Waals surface area contributed by atoms with E-state index in [0.717, 1.165) is 0 Å². The first kappa shape index (κ1) is 11.9. The fourth-order valence-corrected chi connectivity index (χ4v) is 0.575. The standard InChI is InChI=1S/C6H14N8/c1-5(3-10-14-13-8)6(2)9-4-11-12-7/h9H,1-4H2,(H2,7,11)(H2,8,14)(H,10,13). The van der Waals surface area contributed by atoms with Gasteiger partial charge in [-0.25, -0.2) is 0 Å². The summed E-state index contributed by atoms with van der Waals surface area (Å²) in [5, 5.41) is 15.8. The molecule has 0 saturated heterocycles. The third kappa shape index (κ3) is 5.52. The van der Waals surface area contributed by atoms with Crippen LogP contribution in [0.4, 0.5) is 0 Å². The first-order valence-electron chi connectivity index (χ1n) is 3.72. The fourth-order valence-electron chi connectivity index (χ4n) is 0.575. The summed E-state index contributed by atoms with van der Waals surface area (Å²) in [6, 6.07) is 0. The highest BCUT2D eigenvalue weighted by molar-refractivity contribution is 5.24. The van der Waals surface area contributed by atoms with Crippen LogP contribution in [0.3, 0.4) is 0 Å². The predicted octanol–water partition coefficient (Wildman–Crippen LogP) is -0.240. The molecule has 0 unspecified atom stereocenters. The Labute approximate surface area is 81.8 Å². The van der Waals surface area contributed by atoms with E-state index in [1.54, 1.807) is 0 Å². The number of rotatable bonds is 7. The maximum atomic E-state index is 4.80. The number of nitrogens with zero attached hydrogens (tertiary/aromatic N) is 4. The molecule has 0 aliphatic rings. The van der Waals surface area contributed by atoms with Crippen LogP contribution in [-0.4, -0.2) is 13.2 Å². The van der Waals surface area contributed by atoms with Crippen LogP contribution in [0, 0.1) is 0 Å². The van der Waals surface area contributed by atoms with Gasteiger partial charge in [0.05, 0.1) is 6.54 Å². The Morgan fingerprint density at radius 1 is 1.21 bits per heavy atom. The van der Waals surface area contributed by atoms with Crippen LogP contribution in [-0.2, 0) is 0 Å². The van der Waals surface area contributed by atoms with Crippen molar-refractivity contribution < 1.29 is 0 Å². The van der Waals surface area contributed by atoms with Crippen LogP contribution < -0.4 is 22.4 Å². The lowest BCUT2D eigenvalue weighted by molar-refractivity contribution is 0.705. The van der Waals surface area contributed by atoms with E-state index in [0.29, 0.717) is 17.8 Å². The van der Waals surface area contributed by atoms with Crippen molar-refractivity contribution in [3.05, 3.63) is 24.4 Å². The number of hydrogen-bond donors (Lipinski definition) is 4. The average molecular weight is 198 g/mol. The summed E-state index contributed by atoms with van der Waals surface area (Å²) >= 11 is 0. The molecule has 0 aromatic carbocycles. The molecule has 0 heterocycles. The molecule has 0 aliphatic carbocycles. The second kappa shape index (κ2) is 7.53. The summed E-state index contributed by atoms with van der Waals surface area (Å²) in [5.41, 5.74) is 3.90. The fraction of sp³-hybridized carbons (Fsp3) is 0.333. The Morgan fingerprint density at radius 3 is 2.50 bits per heavy atom. The second-order valence-corrected chi connectivity index (χ2v) is 2.22. The number of nitrogens with one attached hydrogen (secondary N) is 2. The molecule has 0 aliphatic heterocycles. The van der Waals surface area contributed by atoms with Crippen LogP contribution in [0.1, 0.15) is 0 Å². The molecule has 0 rings (SSSR count). The van der Waals surface area contributed by atoms with Crippen molar-refractivity contribution in [2.45, 2.75) is 0 Å². The summed E-state index contributed by atoms with van der Waals surface area (Å²) in [5.74, 6) is 9.58. The van der Waals surface area contributed by atoms with Gasteiger partial charge in [-0.3, -0.25) is 5.43 Å². The monoisotopic (exact) mass is 198 g/mol. The Balaban J connectivity index is 3.71. The molecule has 8 heteroatoms. The largest absolute Gasteiger partial charge is 0.365 e. The molecule has 0 spiro atoms. The van der Waals surface area contributed by atoms with E-state index < -0.39 is 0 Å². The summed E-state index contributed by atoms with van der Waals surface area (Å²) in [6.45, 7) is 8.09. The highest BCUT2D eigenvalue weighted by atomic mass is 15.5. The molecular weight excluding hydrogens is 184 g/mol. The van der Waals surface area contributed by atoms with E-state index in [1.165, 1.54) is 0 Å². The summed E-state index contributed by atoms with van der Waals surface area (Å²) in [7, 11) is 0.